The van der Waals surface area contributed by atoms with E-state index in [1.807, 2.05) is 41.5 Å². The summed E-state index contributed by atoms with van der Waals surface area (Å²) < 4.78 is 40.3. The number of carbonyl (C=O) groups excluding carboxylic acids is 3. The predicted octanol–water partition coefficient (Wildman–Crippen LogP) is 2.20. The lowest BCUT2D eigenvalue weighted by Gasteiger charge is -2.32. The molecule has 300 valence electrons. The normalized spacial score (nSPS) is 15.4. The molecule has 2 fully saturated rings. The molecule has 0 aliphatic carbocycles. The number of hydrogen-bond acceptors (Lipinski definition) is 13. The van der Waals surface area contributed by atoms with Crippen LogP contribution in [0.15, 0.2) is 0 Å². The average molecular weight is 739 g/mol. The van der Waals surface area contributed by atoms with Crippen molar-refractivity contribution in [3.05, 3.63) is 0 Å². The minimum atomic E-state index is -0.966. The zero-order valence-electron chi connectivity index (χ0n) is 32.2. The number of nitrogens with one attached hydrogen (secondary N) is 3. The maximum atomic E-state index is 12.1. The van der Waals surface area contributed by atoms with E-state index < -0.39 is 23.3 Å². The van der Waals surface area contributed by atoms with Crippen molar-refractivity contribution in [3.8, 4) is 0 Å². The summed E-state index contributed by atoms with van der Waals surface area (Å²) >= 11 is 0. The summed E-state index contributed by atoms with van der Waals surface area (Å²) in [5.74, 6) is -1.00. The molecule has 0 atom stereocenters. The van der Waals surface area contributed by atoms with Gasteiger partial charge in [-0.05, 0) is 80.3 Å². The Kier molecular flexibility index (Phi) is 27.2. The van der Waals surface area contributed by atoms with E-state index in [-0.39, 0.29) is 37.3 Å². The standard InChI is InChI=1S/C17H32N2O6.C10H20N2O2.C7H14O5/c1-17(2,3)25-16(21)18-14-5-7-19(8-6-14)15(20)13-24-12-11-23-10-9-22-4;1-10(2,3)14-9(13)12-8-4-6-11-7-5-8;1-10-2-3-11-4-5-12-6-7(8)9/h14H,5-13H2,1-4H3,(H,18,21);8,11H,4-7H2,1-3H3,(H,12,13);2-6H2,1H3,(H,8,9). The summed E-state index contributed by atoms with van der Waals surface area (Å²) in [5.41, 5.74) is -0.914. The Labute approximate surface area is 304 Å². The highest BCUT2D eigenvalue weighted by atomic mass is 16.6. The number of rotatable bonds is 18. The Morgan fingerprint density at radius 1 is 0.627 bits per heavy atom. The van der Waals surface area contributed by atoms with Gasteiger partial charge >= 0.3 is 18.2 Å². The number of ether oxygens (including phenoxy) is 8. The number of nitrogens with zero attached hydrogens (tertiary/aromatic N) is 1. The first-order valence-electron chi connectivity index (χ1n) is 17.5. The van der Waals surface area contributed by atoms with Crippen LogP contribution in [-0.2, 0) is 47.5 Å². The van der Waals surface area contributed by atoms with E-state index in [0.29, 0.717) is 78.8 Å². The number of piperidine rings is 2. The lowest BCUT2D eigenvalue weighted by atomic mass is 10.1. The quantitative estimate of drug-likeness (QED) is 0.149. The van der Waals surface area contributed by atoms with Crippen molar-refractivity contribution < 1.29 is 62.2 Å². The molecule has 2 aliphatic heterocycles. The Hall–Kier alpha value is -2.80. The van der Waals surface area contributed by atoms with Gasteiger partial charge in [0.1, 0.15) is 24.4 Å². The third kappa shape index (κ3) is 31.6. The van der Waals surface area contributed by atoms with Crippen molar-refractivity contribution in [2.75, 3.05) is 106 Å². The molecule has 2 rings (SSSR count). The number of carbonyl (C=O) groups is 4. The van der Waals surface area contributed by atoms with Crippen LogP contribution >= 0.6 is 0 Å². The molecule has 0 aromatic rings. The van der Waals surface area contributed by atoms with Crippen LogP contribution in [0.3, 0.4) is 0 Å². The van der Waals surface area contributed by atoms with E-state index in [2.05, 4.69) is 16.0 Å². The Bertz CT molecular complexity index is 930. The van der Waals surface area contributed by atoms with Gasteiger partial charge in [-0.3, -0.25) is 4.79 Å². The van der Waals surface area contributed by atoms with Crippen molar-refractivity contribution in [2.45, 2.75) is 90.5 Å². The zero-order valence-corrected chi connectivity index (χ0v) is 32.2. The summed E-state index contributed by atoms with van der Waals surface area (Å²) in [5, 5.41) is 17.1. The fourth-order valence-corrected chi connectivity index (χ4v) is 4.32. The van der Waals surface area contributed by atoms with Gasteiger partial charge in [-0.25, -0.2) is 14.4 Å². The maximum Gasteiger partial charge on any atom is 0.407 e. The van der Waals surface area contributed by atoms with Gasteiger partial charge in [-0.15, -0.1) is 0 Å². The first kappa shape index (κ1) is 48.2. The molecule has 0 spiro atoms. The molecule has 17 nitrogen and oxygen atoms in total. The molecule has 51 heavy (non-hydrogen) atoms. The van der Waals surface area contributed by atoms with Gasteiger partial charge < -0.3 is 63.9 Å². The lowest BCUT2D eigenvalue weighted by Crippen LogP contribution is -2.48. The summed E-state index contributed by atoms with van der Waals surface area (Å²) in [6.45, 7) is 17.7. The predicted molar refractivity (Wildman–Crippen MR) is 189 cm³/mol. The van der Waals surface area contributed by atoms with Crippen LogP contribution in [0.4, 0.5) is 9.59 Å². The zero-order chi connectivity index (χ0) is 38.5. The monoisotopic (exact) mass is 738 g/mol. The minimum Gasteiger partial charge on any atom is -0.480 e. The molecular formula is C34H66N4O13. The van der Waals surface area contributed by atoms with E-state index in [9.17, 15) is 19.2 Å². The lowest BCUT2D eigenvalue weighted by molar-refractivity contribution is -0.142. The highest BCUT2D eigenvalue weighted by molar-refractivity contribution is 5.77. The number of amides is 3. The highest BCUT2D eigenvalue weighted by Gasteiger charge is 2.26. The summed E-state index contributed by atoms with van der Waals surface area (Å²) in [4.78, 5) is 46.9. The van der Waals surface area contributed by atoms with Crippen molar-refractivity contribution in [1.29, 1.82) is 0 Å². The van der Waals surface area contributed by atoms with Crippen LogP contribution < -0.4 is 16.0 Å². The molecule has 2 aliphatic rings. The van der Waals surface area contributed by atoms with Crippen molar-refractivity contribution in [3.63, 3.8) is 0 Å². The number of carboxylic acid groups (broad SMARTS) is 1. The molecule has 3 amide bonds. The smallest absolute Gasteiger partial charge is 0.407 e. The van der Waals surface area contributed by atoms with Gasteiger partial charge in [0.15, 0.2) is 0 Å². The Balaban J connectivity index is 0.000000811. The largest absolute Gasteiger partial charge is 0.480 e. The van der Waals surface area contributed by atoms with Gasteiger partial charge in [-0.1, -0.05) is 0 Å². The topological polar surface area (TPSA) is 202 Å². The number of aliphatic carboxylic acids is 1. The molecule has 0 bridgehead atoms. The number of methoxy groups -OCH3 is 2. The van der Waals surface area contributed by atoms with E-state index in [4.69, 9.17) is 43.0 Å². The number of hydrogen-bond donors (Lipinski definition) is 4. The van der Waals surface area contributed by atoms with Crippen LogP contribution in [-0.4, -0.2) is 164 Å². The van der Waals surface area contributed by atoms with Gasteiger partial charge in [0.2, 0.25) is 5.91 Å². The van der Waals surface area contributed by atoms with Crippen LogP contribution in [0.2, 0.25) is 0 Å². The Morgan fingerprint density at radius 3 is 1.43 bits per heavy atom. The van der Waals surface area contributed by atoms with E-state index in [1.54, 1.807) is 19.1 Å². The first-order chi connectivity index (χ1) is 24.1. The molecule has 2 saturated heterocycles. The summed E-state index contributed by atoms with van der Waals surface area (Å²) in [6, 6.07) is 0.306. The van der Waals surface area contributed by atoms with Gasteiger partial charge in [-0.2, -0.15) is 0 Å². The SMILES string of the molecule is CC(C)(C)OC(=O)NC1CCNCC1.COCCOCCOCC(=O)N1CCC(NC(=O)OC(C)(C)C)CC1.COCCOCCOCC(=O)O. The summed E-state index contributed by atoms with van der Waals surface area (Å²) in [6.07, 6.45) is 2.69. The van der Waals surface area contributed by atoms with Gasteiger partial charge in [0.25, 0.3) is 0 Å². The number of likely N-dealkylation sites (tertiary alicyclic amines) is 1. The molecule has 0 aromatic carbocycles. The second-order valence-corrected chi connectivity index (χ2v) is 13.7. The van der Waals surface area contributed by atoms with E-state index in [1.165, 1.54) is 0 Å². The van der Waals surface area contributed by atoms with Crippen LogP contribution in [0.1, 0.15) is 67.2 Å². The first-order valence-corrected chi connectivity index (χ1v) is 17.5. The number of carboxylic acids is 1. The summed E-state index contributed by atoms with van der Waals surface area (Å²) in [7, 11) is 3.20. The minimum absolute atomic E-state index is 0.0346. The fraction of sp³-hybridized carbons (Fsp3) is 0.882. The molecule has 0 radical (unpaired) electrons. The van der Waals surface area contributed by atoms with E-state index >= 15 is 0 Å². The highest BCUT2D eigenvalue weighted by Crippen LogP contribution is 2.13. The van der Waals surface area contributed by atoms with Gasteiger partial charge in [0.05, 0.1) is 52.9 Å². The second kappa shape index (κ2) is 28.7. The Morgan fingerprint density at radius 2 is 1.02 bits per heavy atom. The fourth-order valence-electron chi connectivity index (χ4n) is 4.32. The molecule has 4 N–H and O–H groups in total. The van der Waals surface area contributed by atoms with Crippen molar-refractivity contribution >= 4 is 24.1 Å². The molecule has 2 heterocycles. The van der Waals surface area contributed by atoms with E-state index in [0.717, 1.165) is 25.9 Å². The van der Waals surface area contributed by atoms with Crippen molar-refractivity contribution in [2.24, 2.45) is 0 Å². The van der Waals surface area contributed by atoms with Crippen LogP contribution in [0.25, 0.3) is 0 Å². The molecule has 0 aromatic heterocycles. The van der Waals surface area contributed by atoms with Crippen LogP contribution in [0.5, 0.6) is 0 Å². The second-order valence-electron chi connectivity index (χ2n) is 13.7. The third-order valence-corrected chi connectivity index (χ3v) is 6.69. The number of alkyl carbamates (subject to hydrolysis) is 2. The third-order valence-electron chi connectivity index (χ3n) is 6.69. The van der Waals surface area contributed by atoms with Gasteiger partial charge in [0, 0.05) is 39.4 Å². The maximum absolute atomic E-state index is 12.1. The average Bonchev–Trinajstić information content (AvgIpc) is 3.03. The molecular weight excluding hydrogens is 672 g/mol. The van der Waals surface area contributed by atoms with Crippen molar-refractivity contribution in [1.82, 2.24) is 20.9 Å². The molecule has 17 heteroatoms. The van der Waals surface area contributed by atoms with Crippen LogP contribution in [0, 0.1) is 0 Å². The molecule has 0 unspecified atom stereocenters. The molecule has 0 saturated carbocycles.